The molecule has 0 amide bonds. The zero-order valence-corrected chi connectivity index (χ0v) is 12.2. The van der Waals surface area contributed by atoms with Crippen molar-refractivity contribution < 1.29 is 0 Å². The molecule has 96 valence electrons. The normalized spacial score (nSPS) is 11.8. The van der Waals surface area contributed by atoms with Crippen molar-refractivity contribution in [2.75, 3.05) is 32.9 Å². The average molecular weight is 252 g/mol. The molecule has 0 saturated heterocycles. The van der Waals surface area contributed by atoms with Crippen LogP contribution in [0.2, 0.25) is 0 Å². The topological polar surface area (TPSA) is 24.1 Å². The average Bonchev–Trinajstić information content (AvgIpc) is 2.35. The summed E-state index contributed by atoms with van der Waals surface area (Å²) in [6.07, 6.45) is 2.11. The number of nitrogens with one attached hydrogen (secondary N) is 2. The number of likely N-dealkylation sites (N-methyl/N-ethyl adjacent to an activating group) is 1. The van der Waals surface area contributed by atoms with Crippen LogP contribution in [-0.4, -0.2) is 32.9 Å². The fourth-order valence-corrected chi connectivity index (χ4v) is 2.17. The summed E-state index contributed by atoms with van der Waals surface area (Å²) in [7, 11) is 1.98. The van der Waals surface area contributed by atoms with E-state index in [0.29, 0.717) is 0 Å². The lowest BCUT2D eigenvalue weighted by Crippen LogP contribution is -2.36. The second-order valence-corrected chi connectivity index (χ2v) is 5.77. The molecule has 0 radical (unpaired) electrons. The second-order valence-electron chi connectivity index (χ2n) is 4.89. The van der Waals surface area contributed by atoms with E-state index in [9.17, 15) is 0 Å². The summed E-state index contributed by atoms with van der Waals surface area (Å²) < 4.78 is 0. The van der Waals surface area contributed by atoms with Crippen molar-refractivity contribution in [3.05, 3.63) is 29.8 Å². The van der Waals surface area contributed by atoms with E-state index in [1.807, 2.05) is 7.05 Å². The van der Waals surface area contributed by atoms with Crippen LogP contribution in [0.25, 0.3) is 0 Å². The summed E-state index contributed by atoms with van der Waals surface area (Å²) in [6, 6.07) is 8.89. The van der Waals surface area contributed by atoms with Crippen molar-refractivity contribution in [2.24, 2.45) is 0 Å². The first kappa shape index (κ1) is 14.6. The standard InChI is InChI=1S/C14H24N2S/c1-14(2,11-16-10-9-15-3)12-5-7-13(17-4)8-6-12/h5-8,15-16H,9-11H2,1-4H3. The summed E-state index contributed by atoms with van der Waals surface area (Å²) in [5.41, 5.74) is 1.58. The third-order valence-electron chi connectivity index (χ3n) is 2.99. The molecule has 0 unspecified atom stereocenters. The first-order valence-electron chi connectivity index (χ1n) is 6.10. The second kappa shape index (κ2) is 7.04. The molecule has 0 heterocycles. The monoisotopic (exact) mass is 252 g/mol. The van der Waals surface area contributed by atoms with E-state index in [2.05, 4.69) is 55.0 Å². The molecule has 0 fully saturated rings. The van der Waals surface area contributed by atoms with Gasteiger partial charge < -0.3 is 10.6 Å². The van der Waals surface area contributed by atoms with Crippen LogP contribution in [0.15, 0.2) is 29.2 Å². The van der Waals surface area contributed by atoms with Crippen LogP contribution in [0.1, 0.15) is 19.4 Å². The molecule has 0 aromatic heterocycles. The van der Waals surface area contributed by atoms with E-state index >= 15 is 0 Å². The molecular weight excluding hydrogens is 228 g/mol. The van der Waals surface area contributed by atoms with Gasteiger partial charge in [0.15, 0.2) is 0 Å². The maximum Gasteiger partial charge on any atom is 0.00769 e. The lowest BCUT2D eigenvalue weighted by molar-refractivity contribution is 0.468. The van der Waals surface area contributed by atoms with Crippen LogP contribution < -0.4 is 10.6 Å². The van der Waals surface area contributed by atoms with E-state index in [1.165, 1.54) is 10.5 Å². The zero-order valence-electron chi connectivity index (χ0n) is 11.3. The van der Waals surface area contributed by atoms with Gasteiger partial charge in [0.2, 0.25) is 0 Å². The Balaban J connectivity index is 2.55. The van der Waals surface area contributed by atoms with E-state index in [1.54, 1.807) is 11.8 Å². The highest BCUT2D eigenvalue weighted by molar-refractivity contribution is 7.98. The van der Waals surface area contributed by atoms with Gasteiger partial charge in [0.05, 0.1) is 0 Å². The number of hydrogen-bond donors (Lipinski definition) is 2. The van der Waals surface area contributed by atoms with Gasteiger partial charge in [-0.05, 0) is 31.0 Å². The molecule has 0 aliphatic carbocycles. The van der Waals surface area contributed by atoms with Gasteiger partial charge in [-0.15, -0.1) is 11.8 Å². The number of benzene rings is 1. The summed E-state index contributed by atoms with van der Waals surface area (Å²) in [4.78, 5) is 1.33. The first-order valence-corrected chi connectivity index (χ1v) is 7.32. The lowest BCUT2D eigenvalue weighted by Gasteiger charge is -2.26. The first-order chi connectivity index (χ1) is 8.10. The predicted molar refractivity (Wildman–Crippen MR) is 78.0 cm³/mol. The van der Waals surface area contributed by atoms with Gasteiger partial charge >= 0.3 is 0 Å². The Hall–Kier alpha value is -0.510. The fraction of sp³-hybridized carbons (Fsp3) is 0.571. The third kappa shape index (κ3) is 4.70. The van der Waals surface area contributed by atoms with Crippen molar-refractivity contribution in [2.45, 2.75) is 24.2 Å². The van der Waals surface area contributed by atoms with Crippen molar-refractivity contribution in [3.8, 4) is 0 Å². The van der Waals surface area contributed by atoms with Crippen molar-refractivity contribution >= 4 is 11.8 Å². The van der Waals surface area contributed by atoms with Gasteiger partial charge in [0, 0.05) is 29.9 Å². The van der Waals surface area contributed by atoms with Gasteiger partial charge in [-0.1, -0.05) is 26.0 Å². The summed E-state index contributed by atoms with van der Waals surface area (Å²) in [6.45, 7) is 7.61. The van der Waals surface area contributed by atoms with Crippen molar-refractivity contribution in [1.29, 1.82) is 0 Å². The smallest absolute Gasteiger partial charge is 0.00769 e. The Morgan fingerprint density at radius 2 is 1.76 bits per heavy atom. The molecule has 1 rings (SSSR count). The Bertz CT molecular complexity index is 319. The zero-order chi connectivity index (χ0) is 12.7. The number of hydrogen-bond acceptors (Lipinski definition) is 3. The highest BCUT2D eigenvalue weighted by Gasteiger charge is 2.19. The number of thioether (sulfide) groups is 1. The van der Waals surface area contributed by atoms with Crippen LogP contribution in [-0.2, 0) is 5.41 Å². The van der Waals surface area contributed by atoms with Gasteiger partial charge in [0.1, 0.15) is 0 Å². The Morgan fingerprint density at radius 1 is 1.12 bits per heavy atom. The molecule has 0 saturated carbocycles. The minimum Gasteiger partial charge on any atom is -0.318 e. The highest BCUT2D eigenvalue weighted by atomic mass is 32.2. The molecule has 0 aliphatic heterocycles. The Morgan fingerprint density at radius 3 is 2.29 bits per heavy atom. The lowest BCUT2D eigenvalue weighted by atomic mass is 9.84. The molecule has 0 spiro atoms. The van der Waals surface area contributed by atoms with Gasteiger partial charge in [-0.25, -0.2) is 0 Å². The van der Waals surface area contributed by atoms with Gasteiger partial charge in [0.25, 0.3) is 0 Å². The van der Waals surface area contributed by atoms with Crippen LogP contribution in [0.3, 0.4) is 0 Å². The molecule has 0 atom stereocenters. The third-order valence-corrected chi connectivity index (χ3v) is 3.73. The maximum atomic E-state index is 3.49. The fourth-order valence-electron chi connectivity index (χ4n) is 1.76. The molecular formula is C14H24N2S. The highest BCUT2D eigenvalue weighted by Crippen LogP contribution is 2.24. The number of rotatable bonds is 7. The largest absolute Gasteiger partial charge is 0.318 e. The van der Waals surface area contributed by atoms with Gasteiger partial charge in [-0.3, -0.25) is 0 Å². The minimum absolute atomic E-state index is 0.185. The molecule has 17 heavy (non-hydrogen) atoms. The molecule has 2 nitrogen and oxygen atoms in total. The van der Waals surface area contributed by atoms with Crippen LogP contribution >= 0.6 is 11.8 Å². The van der Waals surface area contributed by atoms with Crippen LogP contribution in [0.5, 0.6) is 0 Å². The maximum absolute atomic E-state index is 3.49. The van der Waals surface area contributed by atoms with E-state index in [4.69, 9.17) is 0 Å². The van der Waals surface area contributed by atoms with E-state index < -0.39 is 0 Å². The van der Waals surface area contributed by atoms with Crippen molar-refractivity contribution in [3.63, 3.8) is 0 Å². The SMILES string of the molecule is CNCCNCC(C)(C)c1ccc(SC)cc1. The summed E-state index contributed by atoms with van der Waals surface area (Å²) >= 11 is 1.79. The Labute approximate surface area is 110 Å². The van der Waals surface area contributed by atoms with Crippen LogP contribution in [0, 0.1) is 0 Å². The molecule has 1 aromatic carbocycles. The minimum atomic E-state index is 0.185. The van der Waals surface area contributed by atoms with E-state index in [0.717, 1.165) is 19.6 Å². The summed E-state index contributed by atoms with van der Waals surface area (Å²) in [5.74, 6) is 0. The van der Waals surface area contributed by atoms with Crippen LogP contribution in [0.4, 0.5) is 0 Å². The molecule has 3 heteroatoms. The molecule has 0 aliphatic rings. The van der Waals surface area contributed by atoms with Gasteiger partial charge in [-0.2, -0.15) is 0 Å². The Kier molecular flexibility index (Phi) is 6.03. The van der Waals surface area contributed by atoms with Crippen molar-refractivity contribution in [1.82, 2.24) is 10.6 Å². The quantitative estimate of drug-likeness (QED) is 0.576. The molecule has 1 aromatic rings. The summed E-state index contributed by atoms with van der Waals surface area (Å²) in [5, 5.41) is 6.63. The predicted octanol–water partition coefficient (Wildman–Crippen LogP) is 2.50. The van der Waals surface area contributed by atoms with E-state index in [-0.39, 0.29) is 5.41 Å². The molecule has 2 N–H and O–H groups in total. The molecule has 0 bridgehead atoms.